The molecule has 8 nitrogen and oxygen atoms in total. The molecule has 0 saturated carbocycles. The van der Waals surface area contributed by atoms with Gasteiger partial charge in [-0.05, 0) is 30.5 Å². The molecule has 0 spiro atoms. The van der Waals surface area contributed by atoms with Crippen LogP contribution < -0.4 is 5.32 Å². The highest BCUT2D eigenvalue weighted by Gasteiger charge is 2.27. The fourth-order valence-corrected chi connectivity index (χ4v) is 2.58. The minimum Gasteiger partial charge on any atom is -0.322 e. The number of carbonyl (C=O) groups is 1. The van der Waals surface area contributed by atoms with Crippen LogP contribution in [0.2, 0.25) is 5.02 Å². The van der Waals surface area contributed by atoms with E-state index in [0.717, 1.165) is 37.0 Å². The molecule has 0 fully saturated rings. The number of hydrogen-bond acceptors (Lipinski definition) is 5. The van der Waals surface area contributed by atoms with E-state index in [1.807, 2.05) is 12.1 Å². The number of nitrogens with one attached hydrogen (secondary N) is 1. The lowest BCUT2D eigenvalue weighted by molar-refractivity contribution is -0.393. The van der Waals surface area contributed by atoms with Crippen LogP contribution in [-0.2, 0) is 6.42 Å². The summed E-state index contributed by atoms with van der Waals surface area (Å²) >= 11 is 5.68. The summed E-state index contributed by atoms with van der Waals surface area (Å²) in [7, 11) is 0. The molecule has 9 heteroatoms. The molecule has 2 rings (SSSR count). The largest absolute Gasteiger partial charge is 0.322 e. The van der Waals surface area contributed by atoms with E-state index in [1.54, 1.807) is 12.1 Å². The second-order valence-corrected chi connectivity index (χ2v) is 5.98. The fraction of sp³-hybridized carbons (Fsp3) is 0.235. The molecule has 1 N–H and O–H groups in total. The minimum absolute atomic E-state index is 0.220. The standard InChI is InChI=1S/C17H16ClN3O5/c1-2-3-4-11-5-7-13(8-6-11)19-17(22)12-9-14(20(23)24)16(18)15(10-12)21(25)26/h5-10H,2-4H2,1H3,(H,19,22). The summed E-state index contributed by atoms with van der Waals surface area (Å²) in [5.74, 6) is -0.700. The van der Waals surface area contributed by atoms with E-state index in [4.69, 9.17) is 11.6 Å². The van der Waals surface area contributed by atoms with Gasteiger partial charge in [0.05, 0.1) is 15.4 Å². The molecule has 26 heavy (non-hydrogen) atoms. The number of hydrogen-bond donors (Lipinski definition) is 1. The van der Waals surface area contributed by atoms with Gasteiger partial charge >= 0.3 is 0 Å². The van der Waals surface area contributed by atoms with Crippen LogP contribution in [0.3, 0.4) is 0 Å². The smallest absolute Gasteiger partial charge is 0.295 e. The Kier molecular flexibility index (Phi) is 6.24. The van der Waals surface area contributed by atoms with E-state index in [1.165, 1.54) is 0 Å². The molecule has 2 aromatic carbocycles. The number of nitro benzene ring substituents is 2. The zero-order valence-electron chi connectivity index (χ0n) is 13.9. The molecule has 136 valence electrons. The number of carbonyl (C=O) groups excluding carboxylic acids is 1. The Labute approximate surface area is 154 Å². The van der Waals surface area contributed by atoms with E-state index in [9.17, 15) is 25.0 Å². The number of nitro groups is 2. The molecular formula is C17H16ClN3O5. The van der Waals surface area contributed by atoms with Gasteiger partial charge < -0.3 is 5.32 Å². The Hall–Kier alpha value is -3.00. The summed E-state index contributed by atoms with van der Waals surface area (Å²) in [6.07, 6.45) is 3.07. The number of amides is 1. The fourth-order valence-electron chi connectivity index (χ4n) is 2.33. The monoisotopic (exact) mass is 377 g/mol. The lowest BCUT2D eigenvalue weighted by Gasteiger charge is -2.07. The summed E-state index contributed by atoms with van der Waals surface area (Å²) in [5, 5.41) is 24.0. The summed E-state index contributed by atoms with van der Waals surface area (Å²) in [6, 6.07) is 9.00. The van der Waals surface area contributed by atoms with Gasteiger partial charge in [-0.2, -0.15) is 0 Å². The van der Waals surface area contributed by atoms with Gasteiger partial charge in [-0.25, -0.2) is 0 Å². The van der Waals surface area contributed by atoms with Crippen LogP contribution in [0.4, 0.5) is 17.1 Å². The van der Waals surface area contributed by atoms with Gasteiger partial charge in [0.15, 0.2) is 5.02 Å². The Morgan fingerprint density at radius 3 is 2.08 bits per heavy atom. The first kappa shape index (κ1) is 19.3. The van der Waals surface area contributed by atoms with Crippen molar-refractivity contribution in [1.29, 1.82) is 0 Å². The number of halogens is 1. The zero-order valence-corrected chi connectivity index (χ0v) is 14.7. The molecular weight excluding hydrogens is 362 g/mol. The molecule has 0 unspecified atom stereocenters. The van der Waals surface area contributed by atoms with Crippen molar-refractivity contribution in [2.45, 2.75) is 26.2 Å². The number of rotatable bonds is 7. The summed E-state index contributed by atoms with van der Waals surface area (Å²) in [6.45, 7) is 2.10. The molecule has 0 aliphatic rings. The Morgan fingerprint density at radius 1 is 1.08 bits per heavy atom. The van der Waals surface area contributed by atoms with E-state index in [0.29, 0.717) is 5.69 Å². The van der Waals surface area contributed by atoms with Crippen molar-refractivity contribution in [2.75, 3.05) is 5.32 Å². The summed E-state index contributed by atoms with van der Waals surface area (Å²) in [4.78, 5) is 32.6. The van der Waals surface area contributed by atoms with Crippen LogP contribution in [0.15, 0.2) is 36.4 Å². The maximum atomic E-state index is 12.3. The van der Waals surface area contributed by atoms with Gasteiger partial charge in [0.1, 0.15) is 0 Å². The van der Waals surface area contributed by atoms with Crippen LogP contribution in [0.5, 0.6) is 0 Å². The molecule has 0 radical (unpaired) electrons. The Balaban J connectivity index is 2.26. The van der Waals surface area contributed by atoms with Crippen molar-refractivity contribution < 1.29 is 14.6 Å². The van der Waals surface area contributed by atoms with Gasteiger partial charge in [-0.15, -0.1) is 0 Å². The first-order chi connectivity index (χ1) is 12.3. The summed E-state index contributed by atoms with van der Waals surface area (Å²) < 4.78 is 0. The third kappa shape index (κ3) is 4.54. The lowest BCUT2D eigenvalue weighted by Crippen LogP contribution is -2.13. The number of nitrogens with zero attached hydrogens (tertiary/aromatic N) is 2. The quantitative estimate of drug-likeness (QED) is 0.552. The van der Waals surface area contributed by atoms with Gasteiger partial charge in [-0.3, -0.25) is 25.0 Å². The molecule has 0 heterocycles. The van der Waals surface area contributed by atoms with Crippen molar-refractivity contribution in [1.82, 2.24) is 0 Å². The Morgan fingerprint density at radius 2 is 1.62 bits per heavy atom. The lowest BCUT2D eigenvalue weighted by atomic mass is 10.1. The highest BCUT2D eigenvalue weighted by atomic mass is 35.5. The highest BCUT2D eigenvalue weighted by Crippen LogP contribution is 2.35. The number of aryl methyl sites for hydroxylation is 1. The van der Waals surface area contributed by atoms with E-state index >= 15 is 0 Å². The maximum Gasteiger partial charge on any atom is 0.295 e. The third-order valence-corrected chi connectivity index (χ3v) is 4.11. The SMILES string of the molecule is CCCCc1ccc(NC(=O)c2cc([N+](=O)[O-])c(Cl)c([N+](=O)[O-])c2)cc1. The van der Waals surface area contributed by atoms with Crippen molar-refractivity contribution in [2.24, 2.45) is 0 Å². The van der Waals surface area contributed by atoms with Gasteiger partial charge in [0.2, 0.25) is 0 Å². The van der Waals surface area contributed by atoms with Crippen molar-refractivity contribution in [3.63, 3.8) is 0 Å². The van der Waals surface area contributed by atoms with E-state index in [2.05, 4.69) is 12.2 Å². The first-order valence-corrected chi connectivity index (χ1v) is 8.24. The van der Waals surface area contributed by atoms with Crippen LogP contribution in [0.1, 0.15) is 35.7 Å². The second kappa shape index (κ2) is 8.39. The number of unbranched alkanes of at least 4 members (excludes halogenated alkanes) is 1. The summed E-state index contributed by atoms with van der Waals surface area (Å²) in [5.41, 5.74) is 0.00263. The van der Waals surface area contributed by atoms with Crippen molar-refractivity contribution >= 4 is 34.6 Å². The minimum atomic E-state index is -0.866. The van der Waals surface area contributed by atoms with Crippen LogP contribution >= 0.6 is 11.6 Å². The molecule has 0 aliphatic heterocycles. The Bertz CT molecular complexity index is 817. The second-order valence-electron chi connectivity index (χ2n) is 5.60. The first-order valence-electron chi connectivity index (χ1n) is 7.86. The molecule has 0 saturated heterocycles. The van der Waals surface area contributed by atoms with Crippen LogP contribution in [-0.4, -0.2) is 15.8 Å². The molecule has 0 atom stereocenters. The normalized spacial score (nSPS) is 10.4. The van der Waals surface area contributed by atoms with Gasteiger partial charge in [-0.1, -0.05) is 37.1 Å². The van der Waals surface area contributed by atoms with Gasteiger partial charge in [0, 0.05) is 17.8 Å². The molecule has 0 bridgehead atoms. The van der Waals surface area contributed by atoms with Crippen LogP contribution in [0.25, 0.3) is 0 Å². The maximum absolute atomic E-state index is 12.3. The van der Waals surface area contributed by atoms with Crippen LogP contribution in [0, 0.1) is 20.2 Å². The molecule has 2 aromatic rings. The zero-order chi connectivity index (χ0) is 19.3. The number of benzene rings is 2. The third-order valence-electron chi connectivity index (χ3n) is 3.72. The van der Waals surface area contributed by atoms with Crippen molar-refractivity contribution in [3.05, 3.63) is 72.8 Å². The van der Waals surface area contributed by atoms with E-state index < -0.39 is 32.2 Å². The topological polar surface area (TPSA) is 115 Å². The van der Waals surface area contributed by atoms with Crippen molar-refractivity contribution in [3.8, 4) is 0 Å². The average molecular weight is 378 g/mol. The number of anilines is 1. The van der Waals surface area contributed by atoms with E-state index in [-0.39, 0.29) is 5.56 Å². The predicted octanol–water partition coefficient (Wildman–Crippen LogP) is 4.75. The average Bonchev–Trinajstić information content (AvgIpc) is 2.60. The molecule has 0 aromatic heterocycles. The molecule has 0 aliphatic carbocycles. The molecule has 1 amide bonds. The highest BCUT2D eigenvalue weighted by molar-refractivity contribution is 6.35. The predicted molar refractivity (Wildman–Crippen MR) is 97.8 cm³/mol. The van der Waals surface area contributed by atoms with Gasteiger partial charge in [0.25, 0.3) is 17.3 Å².